The third-order valence-corrected chi connectivity index (χ3v) is 4.84. The van der Waals surface area contributed by atoms with Crippen molar-refractivity contribution in [3.05, 3.63) is 63.3 Å². The maximum atomic E-state index is 11.9. The van der Waals surface area contributed by atoms with Crippen molar-refractivity contribution < 1.29 is 5.11 Å². The van der Waals surface area contributed by atoms with Gasteiger partial charge in [0.2, 0.25) is 0 Å². The molecule has 2 aromatic rings. The van der Waals surface area contributed by atoms with Crippen molar-refractivity contribution in [2.45, 2.75) is 51.7 Å². The molecule has 1 aromatic carbocycles. The zero-order valence-corrected chi connectivity index (χ0v) is 15.1. The largest absolute Gasteiger partial charge is 0.390 e. The molecule has 0 bridgehead atoms. The molecule has 5 nitrogen and oxygen atoms in total. The van der Waals surface area contributed by atoms with Gasteiger partial charge in [0.25, 0.3) is 5.56 Å². The maximum absolute atomic E-state index is 11.9. The first-order valence-corrected chi connectivity index (χ1v) is 8.99. The van der Waals surface area contributed by atoms with Gasteiger partial charge in [0.05, 0.1) is 17.6 Å². The van der Waals surface area contributed by atoms with E-state index in [-0.39, 0.29) is 5.56 Å². The SMILES string of the molecule is CC(C)(O)CCc1ccc(CN2CCc3nc[nH]c(=O)c3CC2)cc1. The van der Waals surface area contributed by atoms with Gasteiger partial charge < -0.3 is 10.1 Å². The lowest BCUT2D eigenvalue weighted by molar-refractivity contribution is 0.0714. The van der Waals surface area contributed by atoms with Crippen molar-refractivity contribution in [3.8, 4) is 0 Å². The Balaban J connectivity index is 1.58. The molecule has 2 N–H and O–H groups in total. The number of aryl methyl sites for hydroxylation is 1. The molecule has 0 atom stereocenters. The van der Waals surface area contributed by atoms with Crippen molar-refractivity contribution in [1.29, 1.82) is 0 Å². The molecule has 0 amide bonds. The normalized spacial score (nSPS) is 15.6. The quantitative estimate of drug-likeness (QED) is 0.874. The first kappa shape index (κ1) is 17.8. The Bertz CT molecular complexity index is 760. The molecule has 0 aliphatic carbocycles. The first-order chi connectivity index (χ1) is 11.9. The third kappa shape index (κ3) is 5.00. The maximum Gasteiger partial charge on any atom is 0.254 e. The van der Waals surface area contributed by atoms with E-state index in [9.17, 15) is 9.90 Å². The highest BCUT2D eigenvalue weighted by molar-refractivity contribution is 5.23. The second-order valence-corrected chi connectivity index (χ2v) is 7.56. The molecule has 0 saturated heterocycles. The summed E-state index contributed by atoms with van der Waals surface area (Å²) < 4.78 is 0. The zero-order valence-electron chi connectivity index (χ0n) is 15.1. The summed E-state index contributed by atoms with van der Waals surface area (Å²) in [7, 11) is 0. The molecular weight excluding hydrogens is 314 g/mol. The standard InChI is InChI=1S/C20H27N3O2/c1-20(2,25)10-7-15-3-5-16(6-4-15)13-23-11-8-17-18(9-12-23)21-14-22-19(17)24/h3-6,14,25H,7-13H2,1-2H3,(H,21,22,24). The number of nitrogens with one attached hydrogen (secondary N) is 1. The fourth-order valence-corrected chi connectivity index (χ4v) is 3.26. The molecule has 0 unspecified atom stereocenters. The van der Waals surface area contributed by atoms with E-state index < -0.39 is 5.60 Å². The number of hydrogen-bond acceptors (Lipinski definition) is 4. The molecule has 3 rings (SSSR count). The van der Waals surface area contributed by atoms with Crippen LogP contribution in [0.4, 0.5) is 0 Å². The fraction of sp³-hybridized carbons (Fsp3) is 0.500. The highest BCUT2D eigenvalue weighted by atomic mass is 16.3. The lowest BCUT2D eigenvalue weighted by Crippen LogP contribution is -2.26. The Labute approximate surface area is 148 Å². The summed E-state index contributed by atoms with van der Waals surface area (Å²) in [5.41, 5.74) is 3.69. The highest BCUT2D eigenvalue weighted by Crippen LogP contribution is 2.16. The second-order valence-electron chi connectivity index (χ2n) is 7.56. The molecule has 5 heteroatoms. The second kappa shape index (κ2) is 7.50. The molecule has 0 spiro atoms. The van der Waals surface area contributed by atoms with Crippen molar-refractivity contribution in [3.63, 3.8) is 0 Å². The number of hydrogen-bond donors (Lipinski definition) is 2. The van der Waals surface area contributed by atoms with Gasteiger partial charge in [0.15, 0.2) is 0 Å². The lowest BCUT2D eigenvalue weighted by atomic mass is 9.98. The van der Waals surface area contributed by atoms with Gasteiger partial charge in [0, 0.05) is 31.6 Å². The average Bonchev–Trinajstić information content (AvgIpc) is 2.77. The Hall–Kier alpha value is -1.98. The molecule has 134 valence electrons. The van der Waals surface area contributed by atoms with Crippen LogP contribution in [0.2, 0.25) is 0 Å². The van der Waals surface area contributed by atoms with Crippen LogP contribution in [0.25, 0.3) is 0 Å². The number of aliphatic hydroxyl groups is 1. The minimum atomic E-state index is -0.619. The van der Waals surface area contributed by atoms with Crippen molar-refractivity contribution >= 4 is 0 Å². The van der Waals surface area contributed by atoms with Crippen LogP contribution in [0.5, 0.6) is 0 Å². The van der Waals surface area contributed by atoms with Crippen molar-refractivity contribution in [2.75, 3.05) is 13.1 Å². The predicted octanol–water partition coefficient (Wildman–Crippen LogP) is 2.07. The van der Waals surface area contributed by atoms with E-state index >= 15 is 0 Å². The van der Waals surface area contributed by atoms with E-state index in [1.807, 2.05) is 13.8 Å². The van der Waals surface area contributed by atoms with Gasteiger partial charge in [-0.1, -0.05) is 24.3 Å². The van der Waals surface area contributed by atoms with Crippen LogP contribution in [-0.4, -0.2) is 38.7 Å². The molecule has 0 radical (unpaired) electrons. The Morgan fingerprint density at radius 3 is 2.56 bits per heavy atom. The molecule has 1 aliphatic rings. The molecule has 0 fully saturated rings. The Morgan fingerprint density at radius 1 is 1.16 bits per heavy atom. The van der Waals surface area contributed by atoms with Crippen LogP contribution in [0.3, 0.4) is 0 Å². The van der Waals surface area contributed by atoms with Gasteiger partial charge in [0.1, 0.15) is 0 Å². The third-order valence-electron chi connectivity index (χ3n) is 4.84. The summed E-state index contributed by atoms with van der Waals surface area (Å²) in [6, 6.07) is 8.64. The monoisotopic (exact) mass is 341 g/mol. The molecule has 0 saturated carbocycles. The molecule has 25 heavy (non-hydrogen) atoms. The number of H-pyrrole nitrogens is 1. The van der Waals surface area contributed by atoms with Gasteiger partial charge in [-0.3, -0.25) is 9.69 Å². The van der Waals surface area contributed by atoms with Crippen LogP contribution >= 0.6 is 0 Å². The van der Waals surface area contributed by atoms with Crippen molar-refractivity contribution in [2.24, 2.45) is 0 Å². The van der Waals surface area contributed by atoms with Crippen LogP contribution in [0.15, 0.2) is 35.4 Å². The predicted molar refractivity (Wildman–Crippen MR) is 98.6 cm³/mol. The summed E-state index contributed by atoms with van der Waals surface area (Å²) in [5.74, 6) is 0. The number of aromatic amines is 1. The average molecular weight is 341 g/mol. The van der Waals surface area contributed by atoms with E-state index in [0.29, 0.717) is 0 Å². The number of aromatic nitrogens is 2. The first-order valence-electron chi connectivity index (χ1n) is 8.99. The number of fused-ring (bicyclic) bond motifs is 1. The van der Waals surface area contributed by atoms with Gasteiger partial charge >= 0.3 is 0 Å². The summed E-state index contributed by atoms with van der Waals surface area (Å²) >= 11 is 0. The van der Waals surface area contributed by atoms with E-state index in [1.54, 1.807) is 0 Å². The van der Waals surface area contributed by atoms with Crippen molar-refractivity contribution in [1.82, 2.24) is 14.9 Å². The molecule has 2 heterocycles. The van der Waals surface area contributed by atoms with Gasteiger partial charge in [-0.2, -0.15) is 0 Å². The van der Waals surface area contributed by atoms with Gasteiger partial charge in [-0.25, -0.2) is 4.98 Å². The molecular formula is C20H27N3O2. The van der Waals surface area contributed by atoms with Crippen LogP contribution in [-0.2, 0) is 25.8 Å². The van der Waals surface area contributed by atoms with E-state index in [1.165, 1.54) is 17.5 Å². The lowest BCUT2D eigenvalue weighted by Gasteiger charge is -2.20. The number of benzene rings is 1. The topological polar surface area (TPSA) is 69.2 Å². The number of rotatable bonds is 5. The highest BCUT2D eigenvalue weighted by Gasteiger charge is 2.17. The summed E-state index contributed by atoms with van der Waals surface area (Å²) in [6.07, 6.45) is 4.73. The van der Waals surface area contributed by atoms with Crippen LogP contribution < -0.4 is 5.56 Å². The summed E-state index contributed by atoms with van der Waals surface area (Å²) in [5, 5.41) is 9.83. The van der Waals surface area contributed by atoms with E-state index in [2.05, 4.69) is 39.1 Å². The minimum absolute atomic E-state index is 0.00279. The van der Waals surface area contributed by atoms with Gasteiger partial charge in [-0.05, 0) is 44.2 Å². The molecule has 1 aromatic heterocycles. The number of nitrogens with zero attached hydrogens (tertiary/aromatic N) is 2. The molecule has 1 aliphatic heterocycles. The Morgan fingerprint density at radius 2 is 1.84 bits per heavy atom. The summed E-state index contributed by atoms with van der Waals surface area (Å²) in [6.45, 7) is 6.38. The van der Waals surface area contributed by atoms with E-state index in [4.69, 9.17) is 0 Å². The van der Waals surface area contributed by atoms with E-state index in [0.717, 1.165) is 56.6 Å². The van der Waals surface area contributed by atoms with Crippen LogP contribution in [0, 0.1) is 0 Å². The fourth-order valence-electron chi connectivity index (χ4n) is 3.26. The summed E-state index contributed by atoms with van der Waals surface area (Å²) in [4.78, 5) is 21.3. The minimum Gasteiger partial charge on any atom is -0.390 e. The smallest absolute Gasteiger partial charge is 0.254 e. The Kier molecular flexibility index (Phi) is 5.35. The zero-order chi connectivity index (χ0) is 17.9. The van der Waals surface area contributed by atoms with Gasteiger partial charge in [-0.15, -0.1) is 0 Å². The van der Waals surface area contributed by atoms with Crippen LogP contribution in [0.1, 0.15) is 42.7 Å².